The molecule has 1 amide bonds. The first-order chi connectivity index (χ1) is 12.2. The molecule has 0 unspecified atom stereocenters. The molecule has 25 heavy (non-hydrogen) atoms. The Bertz CT molecular complexity index is 737. The molecule has 1 fully saturated rings. The molecule has 1 aliphatic heterocycles. The van der Waals surface area contributed by atoms with Crippen LogP contribution in [0.5, 0.6) is 0 Å². The summed E-state index contributed by atoms with van der Waals surface area (Å²) in [7, 11) is 1.50. The van der Waals surface area contributed by atoms with Crippen molar-refractivity contribution in [1.82, 2.24) is 9.80 Å². The van der Waals surface area contributed by atoms with Crippen molar-refractivity contribution in [1.29, 1.82) is 0 Å². The molecule has 1 aromatic heterocycles. The van der Waals surface area contributed by atoms with Gasteiger partial charge in [0.25, 0.3) is 5.91 Å². The Labute approximate surface area is 156 Å². The zero-order chi connectivity index (χ0) is 17.6. The average Bonchev–Trinajstić information content (AvgIpc) is 3.05. The number of carbonyl (C=O) groups is 1. The van der Waals surface area contributed by atoms with Crippen LogP contribution in [0.4, 0.5) is 0 Å². The van der Waals surface area contributed by atoms with E-state index >= 15 is 0 Å². The lowest BCUT2D eigenvalue weighted by Gasteiger charge is -2.34. The minimum absolute atomic E-state index is 0.0778. The number of hydrogen-bond acceptors (Lipinski definition) is 5. The Morgan fingerprint density at radius 3 is 2.52 bits per heavy atom. The monoisotopic (exact) mass is 377 g/mol. The lowest BCUT2D eigenvalue weighted by atomic mass is 10.1. The van der Waals surface area contributed by atoms with E-state index in [0.717, 1.165) is 42.6 Å². The van der Waals surface area contributed by atoms with Crippen LogP contribution in [0, 0.1) is 0 Å². The van der Waals surface area contributed by atoms with Gasteiger partial charge in [-0.25, -0.2) is 0 Å². The molecule has 0 radical (unpaired) electrons. The van der Waals surface area contributed by atoms with Crippen LogP contribution in [0.2, 0.25) is 4.34 Å². The molecular weight excluding hydrogens is 358 g/mol. The number of piperazine rings is 1. The molecule has 0 bridgehead atoms. The first-order valence-electron chi connectivity index (χ1n) is 8.08. The molecule has 1 aliphatic rings. The molecule has 132 valence electrons. The second-order valence-corrected chi connectivity index (χ2v) is 7.61. The summed E-state index contributed by atoms with van der Waals surface area (Å²) in [5.74, 6) is 0.0778. The summed E-state index contributed by atoms with van der Waals surface area (Å²) < 4.78 is 0.822. The van der Waals surface area contributed by atoms with E-state index in [1.165, 1.54) is 12.0 Å². The number of hydrogen-bond donors (Lipinski definition) is 0. The van der Waals surface area contributed by atoms with Crippen molar-refractivity contribution in [2.45, 2.75) is 6.54 Å². The first kappa shape index (κ1) is 17.9. The highest BCUT2D eigenvalue weighted by Gasteiger charge is 2.22. The maximum atomic E-state index is 12.6. The highest BCUT2D eigenvalue weighted by Crippen LogP contribution is 2.23. The summed E-state index contributed by atoms with van der Waals surface area (Å²) >= 11 is 7.60. The average molecular weight is 378 g/mol. The predicted octanol–water partition coefficient (Wildman–Crippen LogP) is 3.34. The van der Waals surface area contributed by atoms with E-state index in [1.54, 1.807) is 17.6 Å². The Hall–Kier alpha value is -1.89. The van der Waals surface area contributed by atoms with Crippen molar-refractivity contribution in [2.24, 2.45) is 5.16 Å². The topological polar surface area (TPSA) is 45.1 Å². The van der Waals surface area contributed by atoms with Crippen molar-refractivity contribution >= 4 is 35.1 Å². The quantitative estimate of drug-likeness (QED) is 0.593. The summed E-state index contributed by atoms with van der Waals surface area (Å²) in [5.41, 5.74) is 1.60. The molecule has 0 spiro atoms. The number of benzene rings is 1. The maximum Gasteiger partial charge on any atom is 0.253 e. The zero-order valence-electron chi connectivity index (χ0n) is 14.0. The first-order valence-corrected chi connectivity index (χ1v) is 9.27. The van der Waals surface area contributed by atoms with Gasteiger partial charge in [0.2, 0.25) is 0 Å². The van der Waals surface area contributed by atoms with Gasteiger partial charge in [-0.3, -0.25) is 9.69 Å². The van der Waals surface area contributed by atoms with Crippen LogP contribution < -0.4 is 0 Å². The molecule has 1 saturated heterocycles. The summed E-state index contributed by atoms with van der Waals surface area (Å²) in [6.45, 7) is 4.13. The van der Waals surface area contributed by atoms with Crippen LogP contribution >= 0.6 is 22.9 Å². The van der Waals surface area contributed by atoms with Gasteiger partial charge in [-0.1, -0.05) is 28.9 Å². The van der Waals surface area contributed by atoms with Gasteiger partial charge >= 0.3 is 0 Å². The summed E-state index contributed by atoms with van der Waals surface area (Å²) in [6, 6.07) is 11.4. The number of amides is 1. The highest BCUT2D eigenvalue weighted by atomic mass is 35.5. The second kappa shape index (κ2) is 8.47. The van der Waals surface area contributed by atoms with Gasteiger partial charge in [0, 0.05) is 43.2 Å². The lowest BCUT2D eigenvalue weighted by molar-refractivity contribution is 0.0629. The molecule has 0 atom stereocenters. The number of thiophene rings is 1. The Morgan fingerprint density at radius 1 is 1.20 bits per heavy atom. The normalized spacial score (nSPS) is 15.7. The van der Waals surface area contributed by atoms with Crippen molar-refractivity contribution in [3.05, 3.63) is 56.7 Å². The van der Waals surface area contributed by atoms with Crippen LogP contribution in [0.3, 0.4) is 0 Å². The number of oxime groups is 1. The van der Waals surface area contributed by atoms with Gasteiger partial charge < -0.3 is 9.74 Å². The van der Waals surface area contributed by atoms with E-state index in [9.17, 15) is 4.79 Å². The van der Waals surface area contributed by atoms with Gasteiger partial charge in [0.05, 0.1) is 10.6 Å². The molecule has 0 aliphatic carbocycles. The van der Waals surface area contributed by atoms with Gasteiger partial charge in [0.1, 0.15) is 7.11 Å². The summed E-state index contributed by atoms with van der Waals surface area (Å²) in [5, 5.41) is 3.72. The largest absolute Gasteiger partial charge is 0.399 e. The molecule has 0 saturated carbocycles. The fourth-order valence-corrected chi connectivity index (χ4v) is 3.90. The van der Waals surface area contributed by atoms with E-state index < -0.39 is 0 Å². The van der Waals surface area contributed by atoms with Crippen LogP contribution in [-0.4, -0.2) is 55.2 Å². The minimum Gasteiger partial charge on any atom is -0.399 e. The van der Waals surface area contributed by atoms with Crippen molar-refractivity contribution in [3.8, 4) is 0 Å². The molecule has 0 N–H and O–H groups in total. The zero-order valence-corrected chi connectivity index (χ0v) is 15.6. The maximum absolute atomic E-state index is 12.6. The minimum atomic E-state index is 0.0778. The smallest absolute Gasteiger partial charge is 0.253 e. The van der Waals surface area contributed by atoms with Crippen LogP contribution in [-0.2, 0) is 11.4 Å². The highest BCUT2D eigenvalue weighted by molar-refractivity contribution is 7.16. The van der Waals surface area contributed by atoms with Gasteiger partial charge in [-0.05, 0) is 29.8 Å². The molecule has 3 rings (SSSR count). The van der Waals surface area contributed by atoms with E-state index in [1.807, 2.05) is 35.2 Å². The standard InChI is InChI=1S/C18H20ClN3O2S/c1-24-20-12-14-2-4-15(5-3-14)18(23)22-10-8-21(9-11-22)13-16-6-7-17(19)25-16/h2-7,12H,8-11,13H2,1H3/b20-12+. The van der Waals surface area contributed by atoms with Gasteiger partial charge in [-0.2, -0.15) is 0 Å². The molecule has 7 heteroatoms. The van der Waals surface area contributed by atoms with Crippen LogP contribution in [0.15, 0.2) is 41.6 Å². The van der Waals surface area contributed by atoms with E-state index in [4.69, 9.17) is 11.6 Å². The number of nitrogens with zero attached hydrogens (tertiary/aromatic N) is 3. The Balaban J connectivity index is 1.53. The SMILES string of the molecule is CO/N=C/c1ccc(C(=O)N2CCN(Cc3ccc(Cl)s3)CC2)cc1. The Kier molecular flexibility index (Phi) is 6.07. The van der Waals surface area contributed by atoms with Gasteiger partial charge in [0.15, 0.2) is 0 Å². The van der Waals surface area contributed by atoms with Crippen LogP contribution in [0.1, 0.15) is 20.8 Å². The number of carbonyl (C=O) groups excluding carboxylic acids is 1. The van der Waals surface area contributed by atoms with Gasteiger partial charge in [-0.15, -0.1) is 11.3 Å². The van der Waals surface area contributed by atoms with Crippen molar-refractivity contribution in [2.75, 3.05) is 33.3 Å². The lowest BCUT2D eigenvalue weighted by Crippen LogP contribution is -2.48. The van der Waals surface area contributed by atoms with E-state index in [-0.39, 0.29) is 5.91 Å². The van der Waals surface area contributed by atoms with E-state index in [0.29, 0.717) is 5.56 Å². The third kappa shape index (κ3) is 4.81. The number of halogens is 1. The fraction of sp³-hybridized carbons (Fsp3) is 0.333. The molecule has 5 nitrogen and oxygen atoms in total. The molecule has 2 aromatic rings. The van der Waals surface area contributed by atoms with Crippen molar-refractivity contribution in [3.63, 3.8) is 0 Å². The second-order valence-electron chi connectivity index (χ2n) is 5.81. The molecule has 1 aromatic carbocycles. The van der Waals surface area contributed by atoms with Crippen LogP contribution in [0.25, 0.3) is 0 Å². The fourth-order valence-electron chi connectivity index (χ4n) is 2.77. The van der Waals surface area contributed by atoms with Crippen molar-refractivity contribution < 1.29 is 9.63 Å². The molecule has 2 heterocycles. The Morgan fingerprint density at radius 2 is 1.92 bits per heavy atom. The summed E-state index contributed by atoms with van der Waals surface area (Å²) in [6.07, 6.45) is 1.61. The third-order valence-electron chi connectivity index (χ3n) is 4.13. The number of rotatable bonds is 5. The van der Waals surface area contributed by atoms with E-state index in [2.05, 4.69) is 21.0 Å². The predicted molar refractivity (Wildman–Crippen MR) is 102 cm³/mol. The molecular formula is C18H20ClN3O2S. The third-order valence-corrected chi connectivity index (χ3v) is 5.35. The summed E-state index contributed by atoms with van der Waals surface area (Å²) in [4.78, 5) is 22.8.